The molecule has 0 aliphatic heterocycles. The lowest BCUT2D eigenvalue weighted by Crippen LogP contribution is -2.37. The summed E-state index contributed by atoms with van der Waals surface area (Å²) in [5.41, 5.74) is 0. The Balaban J connectivity index is 4.33. The first-order valence-electron chi connectivity index (χ1n) is 22.4. The molecule has 9 nitrogen and oxygen atoms in total. The minimum Gasteiger partial charge on any atom is -0.462 e. The third-order valence-corrected chi connectivity index (χ3v) is 10.8. The van der Waals surface area contributed by atoms with Crippen molar-refractivity contribution in [1.82, 2.24) is 0 Å². The van der Waals surface area contributed by atoms with Crippen molar-refractivity contribution in [1.29, 1.82) is 0 Å². The molecule has 0 spiro atoms. The van der Waals surface area contributed by atoms with Crippen LogP contribution in [0.5, 0.6) is 0 Å². The smallest absolute Gasteiger partial charge is 0.462 e. The first kappa shape index (κ1) is 52.8. The van der Waals surface area contributed by atoms with Gasteiger partial charge < -0.3 is 18.9 Å². The van der Waals surface area contributed by atoms with Gasteiger partial charge in [-0.1, -0.05) is 167 Å². The predicted octanol–water partition coefficient (Wildman–Crippen LogP) is 12.6. The number of hydrogen-bond acceptors (Lipinski definition) is 7. The van der Waals surface area contributed by atoms with E-state index in [1.807, 2.05) is 21.1 Å². The summed E-state index contributed by atoms with van der Waals surface area (Å²) in [5, 5.41) is 0. The van der Waals surface area contributed by atoms with Crippen molar-refractivity contribution in [3.63, 3.8) is 0 Å². The number of carbonyl (C=O) groups excluding carboxylic acids is 2. The molecule has 0 rings (SSSR count). The molecule has 320 valence electrons. The molecule has 0 saturated heterocycles. The van der Waals surface area contributed by atoms with E-state index in [4.69, 9.17) is 18.5 Å². The van der Waals surface area contributed by atoms with Gasteiger partial charge in [-0.15, -0.1) is 0 Å². The lowest BCUT2D eigenvalue weighted by molar-refractivity contribution is -0.870. The molecule has 0 amide bonds. The fourth-order valence-corrected chi connectivity index (χ4v) is 6.99. The van der Waals surface area contributed by atoms with E-state index in [1.54, 1.807) is 0 Å². The highest BCUT2D eigenvalue weighted by Crippen LogP contribution is 2.43. The van der Waals surface area contributed by atoms with Crippen molar-refractivity contribution < 1.29 is 42.1 Å². The zero-order valence-corrected chi connectivity index (χ0v) is 36.9. The largest absolute Gasteiger partial charge is 0.472 e. The Morgan fingerprint density at radius 1 is 0.556 bits per heavy atom. The Morgan fingerprint density at radius 2 is 0.944 bits per heavy atom. The summed E-state index contributed by atoms with van der Waals surface area (Å²) < 4.78 is 34.3. The van der Waals surface area contributed by atoms with Crippen molar-refractivity contribution >= 4 is 19.8 Å². The summed E-state index contributed by atoms with van der Waals surface area (Å²) in [6.45, 7) is 4.42. The van der Waals surface area contributed by atoms with Gasteiger partial charge in [-0.05, 0) is 38.5 Å². The number of phosphoric ester groups is 1. The number of phosphoric acid groups is 1. The maximum atomic E-state index is 12.7. The number of quaternary nitrogens is 1. The second kappa shape index (κ2) is 37.3. The average molecular weight is 789 g/mol. The third kappa shape index (κ3) is 40.4. The summed E-state index contributed by atoms with van der Waals surface area (Å²) in [5.74, 6) is -0.807. The highest BCUT2D eigenvalue weighted by atomic mass is 31.2. The van der Waals surface area contributed by atoms with E-state index in [9.17, 15) is 19.0 Å². The van der Waals surface area contributed by atoms with Crippen LogP contribution in [0.4, 0.5) is 0 Å². The highest BCUT2D eigenvalue weighted by Gasteiger charge is 2.27. The van der Waals surface area contributed by atoms with Crippen LogP contribution < -0.4 is 0 Å². The molecule has 0 aromatic carbocycles. The first-order chi connectivity index (χ1) is 26.0. The topological polar surface area (TPSA) is 108 Å². The van der Waals surface area contributed by atoms with Crippen LogP contribution in [0, 0.1) is 0 Å². The number of rotatable bonds is 41. The molecule has 0 fully saturated rings. The molecule has 1 N–H and O–H groups in total. The monoisotopic (exact) mass is 789 g/mol. The van der Waals surface area contributed by atoms with Gasteiger partial charge in [-0.25, -0.2) is 4.57 Å². The van der Waals surface area contributed by atoms with E-state index >= 15 is 0 Å². The van der Waals surface area contributed by atoms with E-state index < -0.39 is 26.5 Å². The molecule has 2 atom stereocenters. The Morgan fingerprint density at radius 3 is 1.39 bits per heavy atom. The first-order valence-corrected chi connectivity index (χ1v) is 23.9. The van der Waals surface area contributed by atoms with Crippen LogP contribution in [0.2, 0.25) is 0 Å². The van der Waals surface area contributed by atoms with Gasteiger partial charge in [0.15, 0.2) is 6.10 Å². The van der Waals surface area contributed by atoms with Crippen molar-refractivity contribution in [2.24, 2.45) is 0 Å². The van der Waals surface area contributed by atoms with Gasteiger partial charge in [0.05, 0.1) is 27.7 Å². The Bertz CT molecular complexity index is 938. The average Bonchev–Trinajstić information content (AvgIpc) is 3.12. The quantitative estimate of drug-likeness (QED) is 0.0214. The molecule has 54 heavy (non-hydrogen) atoms. The van der Waals surface area contributed by atoms with E-state index in [0.29, 0.717) is 17.4 Å². The normalized spacial score (nSPS) is 13.7. The number of nitrogens with zero attached hydrogens (tertiary/aromatic N) is 1. The number of likely N-dealkylation sites (N-methyl/N-ethyl adjacent to an activating group) is 1. The van der Waals surface area contributed by atoms with Crippen LogP contribution in [0.3, 0.4) is 0 Å². The Hall–Kier alpha value is -1.25. The van der Waals surface area contributed by atoms with Crippen molar-refractivity contribution in [3.8, 4) is 0 Å². The van der Waals surface area contributed by atoms with Crippen LogP contribution in [0.15, 0.2) is 12.2 Å². The minimum atomic E-state index is -4.37. The van der Waals surface area contributed by atoms with Crippen molar-refractivity contribution in [2.75, 3.05) is 47.5 Å². The molecular weight excluding hydrogens is 701 g/mol. The summed E-state index contributed by atoms with van der Waals surface area (Å²) >= 11 is 0. The van der Waals surface area contributed by atoms with Crippen molar-refractivity contribution in [3.05, 3.63) is 12.2 Å². The molecule has 0 heterocycles. The Kier molecular flexibility index (Phi) is 36.5. The molecule has 0 aliphatic rings. The van der Waals surface area contributed by atoms with Crippen LogP contribution in [-0.2, 0) is 32.7 Å². The van der Waals surface area contributed by atoms with Gasteiger partial charge in [0, 0.05) is 12.8 Å². The number of unbranched alkanes of at least 4 members (excludes halogenated alkanes) is 25. The summed E-state index contributed by atoms with van der Waals surface area (Å²) in [7, 11) is 1.48. The molecule has 1 unspecified atom stereocenters. The maximum Gasteiger partial charge on any atom is 0.472 e. The van der Waals surface area contributed by atoms with Crippen LogP contribution in [-0.4, -0.2) is 74.9 Å². The maximum absolute atomic E-state index is 12.7. The number of esters is 2. The minimum absolute atomic E-state index is 0.0327. The van der Waals surface area contributed by atoms with Crippen LogP contribution in [0.1, 0.15) is 206 Å². The predicted molar refractivity (Wildman–Crippen MR) is 224 cm³/mol. The molecule has 0 aromatic rings. The molecule has 0 bridgehead atoms. The third-order valence-electron chi connectivity index (χ3n) is 9.80. The van der Waals surface area contributed by atoms with Gasteiger partial charge in [0.2, 0.25) is 0 Å². The van der Waals surface area contributed by atoms with Gasteiger partial charge >= 0.3 is 19.8 Å². The van der Waals surface area contributed by atoms with Crippen LogP contribution in [0.25, 0.3) is 0 Å². The summed E-state index contributed by atoms with van der Waals surface area (Å²) in [6.07, 6.45) is 38.3. The molecular formula is C44H87NO8P+. The zero-order valence-electron chi connectivity index (χ0n) is 36.0. The number of carbonyl (C=O) groups is 2. The summed E-state index contributed by atoms with van der Waals surface area (Å²) in [4.78, 5) is 35.3. The van der Waals surface area contributed by atoms with Gasteiger partial charge in [-0.2, -0.15) is 0 Å². The van der Waals surface area contributed by atoms with Gasteiger partial charge in [0.1, 0.15) is 19.8 Å². The lowest BCUT2D eigenvalue weighted by Gasteiger charge is -2.24. The lowest BCUT2D eigenvalue weighted by atomic mass is 10.0. The Labute approximate surface area is 333 Å². The molecule has 0 aromatic heterocycles. The van der Waals surface area contributed by atoms with E-state index in [2.05, 4.69) is 26.0 Å². The number of allylic oxidation sites excluding steroid dienone is 2. The highest BCUT2D eigenvalue weighted by molar-refractivity contribution is 7.47. The second-order valence-electron chi connectivity index (χ2n) is 16.4. The van der Waals surface area contributed by atoms with Gasteiger partial charge in [0.25, 0.3) is 0 Å². The van der Waals surface area contributed by atoms with E-state index in [-0.39, 0.29) is 32.0 Å². The second-order valence-corrected chi connectivity index (χ2v) is 17.9. The fourth-order valence-electron chi connectivity index (χ4n) is 6.24. The van der Waals surface area contributed by atoms with Gasteiger partial charge in [-0.3, -0.25) is 18.6 Å². The van der Waals surface area contributed by atoms with E-state index in [1.165, 1.54) is 128 Å². The molecule has 0 radical (unpaired) electrons. The zero-order chi connectivity index (χ0) is 40.0. The molecule has 0 saturated carbocycles. The fraction of sp³-hybridized carbons (Fsp3) is 0.909. The number of ether oxygens (including phenoxy) is 2. The SMILES string of the molecule is CCCCCCCC/C=C/CCCCCC(=O)OC[C@H](COP(=O)(O)OCC[N+](C)(C)C)OC(=O)CCCCCCCCCCCCCCCCCCC. The van der Waals surface area contributed by atoms with E-state index in [0.717, 1.165) is 44.9 Å². The van der Waals surface area contributed by atoms with Crippen molar-refractivity contribution in [2.45, 2.75) is 213 Å². The van der Waals surface area contributed by atoms with Crippen LogP contribution >= 0.6 is 7.82 Å². The summed E-state index contributed by atoms with van der Waals surface area (Å²) in [6, 6.07) is 0. The standard InChI is InChI=1S/C44H86NO8P/c1-6-8-10-12-14-16-18-20-21-22-23-25-27-29-31-33-35-37-44(47)53-42(41-52-54(48,49)51-39-38-45(3,4)5)40-50-43(46)36-34-32-30-28-26-24-19-17-15-13-11-9-7-2/h24,26,42H,6-23,25,27-41H2,1-5H3/p+1/b26-24+/t42-/m1/s1. The molecule has 10 heteroatoms. The number of hydrogen-bond donors (Lipinski definition) is 1. The molecule has 0 aliphatic carbocycles.